The van der Waals surface area contributed by atoms with Crippen LogP contribution in [0.4, 0.5) is 5.13 Å². The molecule has 10 nitrogen and oxygen atoms in total. The Hall–Kier alpha value is -1.77. The van der Waals surface area contributed by atoms with Gasteiger partial charge in [-0.15, -0.1) is 11.3 Å². The summed E-state index contributed by atoms with van der Waals surface area (Å²) in [5, 5.41) is 35.5. The molecule has 0 spiro atoms. The monoisotopic (exact) mass is 476 g/mol. The van der Waals surface area contributed by atoms with Gasteiger partial charge in [0.2, 0.25) is 10.0 Å². The number of hydrogen-bond donors (Lipinski definition) is 5. The molecule has 4 atom stereocenters. The molecule has 2 rings (SSSR count). The van der Waals surface area contributed by atoms with Gasteiger partial charge in [0.15, 0.2) is 5.13 Å². The lowest BCUT2D eigenvalue weighted by atomic mass is 9.94. The average molecular weight is 477 g/mol. The molecule has 2 heterocycles. The fourth-order valence-corrected chi connectivity index (χ4v) is 4.60. The third-order valence-corrected chi connectivity index (χ3v) is 6.17. The Kier molecular flexibility index (Phi) is 9.00. The van der Waals surface area contributed by atoms with Crippen molar-refractivity contribution >= 4 is 44.2 Å². The second-order valence-corrected chi connectivity index (χ2v) is 10.1. The van der Waals surface area contributed by atoms with Crippen molar-refractivity contribution in [2.24, 2.45) is 0 Å². The van der Waals surface area contributed by atoms with Crippen molar-refractivity contribution in [3.05, 3.63) is 41.2 Å². The van der Waals surface area contributed by atoms with Gasteiger partial charge in [-0.1, -0.05) is 0 Å². The third-order valence-electron chi connectivity index (χ3n) is 4.07. The number of nitrogens with one attached hydrogen (secondary N) is 2. The molecule has 0 aliphatic carbocycles. The number of nitrogens with zero attached hydrogens (tertiary/aromatic N) is 2. The maximum atomic E-state index is 12.6. The number of pyridine rings is 1. The van der Waals surface area contributed by atoms with E-state index in [1.165, 1.54) is 41.7 Å². The fourth-order valence-electron chi connectivity index (χ4n) is 2.58. The summed E-state index contributed by atoms with van der Waals surface area (Å²) in [6.07, 6.45) is 2.01. The number of sulfonamides is 1. The SMILES string of the molecule is CSCCC(O)C(O)C(NC(=O)c1csc(NS(C)(=O)=O)n1)C(O)c1ccncc1. The van der Waals surface area contributed by atoms with Crippen LogP contribution >= 0.6 is 23.1 Å². The van der Waals surface area contributed by atoms with Crippen molar-refractivity contribution < 1.29 is 28.5 Å². The molecule has 0 radical (unpaired) electrons. The van der Waals surface area contributed by atoms with E-state index in [-0.39, 0.29) is 17.2 Å². The largest absolute Gasteiger partial charge is 0.390 e. The van der Waals surface area contributed by atoms with E-state index in [1.807, 2.05) is 6.26 Å². The minimum Gasteiger partial charge on any atom is -0.390 e. The number of aromatic nitrogens is 2. The van der Waals surface area contributed by atoms with E-state index in [0.29, 0.717) is 11.3 Å². The van der Waals surface area contributed by atoms with Gasteiger partial charge in [-0.05, 0) is 36.1 Å². The van der Waals surface area contributed by atoms with E-state index < -0.39 is 40.3 Å². The first-order valence-electron chi connectivity index (χ1n) is 8.79. The quantitative estimate of drug-likeness (QED) is 0.305. The summed E-state index contributed by atoms with van der Waals surface area (Å²) in [6.45, 7) is 0. The highest BCUT2D eigenvalue weighted by atomic mass is 32.2. The van der Waals surface area contributed by atoms with Gasteiger partial charge in [0.25, 0.3) is 5.91 Å². The topological polar surface area (TPSA) is 162 Å². The third kappa shape index (κ3) is 7.18. The second kappa shape index (κ2) is 11.0. The van der Waals surface area contributed by atoms with Gasteiger partial charge in [-0.25, -0.2) is 13.4 Å². The zero-order chi connectivity index (χ0) is 22.3. The standard InChI is InChI=1S/C17H24N4O6S3/c1-28-8-5-12(22)15(24)13(14(23)10-3-6-18-7-4-10)20-16(25)11-9-29-17(19-11)21-30(2,26)27/h3-4,6-7,9,12-15,22-24H,5,8H2,1-2H3,(H,19,21)(H,20,25). The Morgan fingerprint density at radius 1 is 1.27 bits per heavy atom. The minimum absolute atomic E-state index is 0.00874. The number of rotatable bonds is 11. The smallest absolute Gasteiger partial charge is 0.271 e. The van der Waals surface area contributed by atoms with E-state index in [1.54, 1.807) is 0 Å². The van der Waals surface area contributed by atoms with Gasteiger partial charge >= 0.3 is 0 Å². The molecule has 1 amide bonds. The van der Waals surface area contributed by atoms with Crippen molar-refractivity contribution in [1.29, 1.82) is 0 Å². The molecule has 0 bridgehead atoms. The van der Waals surface area contributed by atoms with Crippen molar-refractivity contribution in [2.45, 2.75) is 30.8 Å². The molecule has 2 aromatic rings. The van der Waals surface area contributed by atoms with Crippen LogP contribution in [0.25, 0.3) is 0 Å². The lowest BCUT2D eigenvalue weighted by Crippen LogP contribution is -2.52. The number of aliphatic hydroxyl groups is 3. The summed E-state index contributed by atoms with van der Waals surface area (Å²) in [5.74, 6) is -0.154. The van der Waals surface area contributed by atoms with E-state index in [0.717, 1.165) is 17.6 Å². The van der Waals surface area contributed by atoms with E-state index in [9.17, 15) is 28.5 Å². The second-order valence-electron chi connectivity index (χ2n) is 6.48. The van der Waals surface area contributed by atoms with Crippen LogP contribution in [0.15, 0.2) is 29.9 Å². The molecule has 0 aliphatic heterocycles. The van der Waals surface area contributed by atoms with Crippen molar-refractivity contribution in [1.82, 2.24) is 15.3 Å². The first kappa shape index (κ1) is 24.5. The maximum Gasteiger partial charge on any atom is 0.271 e. The molecule has 4 unspecified atom stereocenters. The van der Waals surface area contributed by atoms with Crippen LogP contribution < -0.4 is 10.0 Å². The number of amides is 1. The van der Waals surface area contributed by atoms with Crippen LogP contribution in [-0.4, -0.2) is 76.1 Å². The number of hydrogen-bond acceptors (Lipinski definition) is 10. The predicted octanol–water partition coefficient (Wildman–Crippen LogP) is 0.216. The van der Waals surface area contributed by atoms with Crippen LogP contribution in [0, 0.1) is 0 Å². The van der Waals surface area contributed by atoms with Crippen LogP contribution in [0.1, 0.15) is 28.6 Å². The number of anilines is 1. The molecule has 30 heavy (non-hydrogen) atoms. The lowest BCUT2D eigenvalue weighted by molar-refractivity contribution is -0.0378. The molecule has 0 fully saturated rings. The maximum absolute atomic E-state index is 12.6. The summed E-state index contributed by atoms with van der Waals surface area (Å²) >= 11 is 2.40. The molecular weight excluding hydrogens is 452 g/mol. The minimum atomic E-state index is -3.55. The number of aliphatic hydroxyl groups excluding tert-OH is 3. The Labute approximate surface area is 182 Å². The molecule has 0 aliphatic rings. The first-order chi connectivity index (χ1) is 14.1. The highest BCUT2D eigenvalue weighted by Gasteiger charge is 2.34. The zero-order valence-corrected chi connectivity index (χ0v) is 18.7. The summed E-state index contributed by atoms with van der Waals surface area (Å²) in [6, 6.07) is 1.81. The normalized spacial score (nSPS) is 15.8. The molecule has 166 valence electrons. The van der Waals surface area contributed by atoms with E-state index in [4.69, 9.17) is 0 Å². The number of carbonyl (C=O) groups is 1. The van der Waals surface area contributed by atoms with Gasteiger partial charge in [0.05, 0.1) is 18.4 Å². The number of thiazole rings is 1. The van der Waals surface area contributed by atoms with Gasteiger partial charge in [0, 0.05) is 17.8 Å². The molecule has 2 aromatic heterocycles. The molecule has 13 heteroatoms. The van der Waals surface area contributed by atoms with Gasteiger partial charge in [-0.2, -0.15) is 11.8 Å². The zero-order valence-electron chi connectivity index (χ0n) is 16.3. The van der Waals surface area contributed by atoms with Gasteiger partial charge in [0.1, 0.15) is 17.9 Å². The summed E-state index contributed by atoms with van der Waals surface area (Å²) in [5.41, 5.74) is 0.299. The number of carbonyl (C=O) groups excluding carboxylic acids is 1. The molecular formula is C17H24N4O6S3. The van der Waals surface area contributed by atoms with Crippen LogP contribution in [0.5, 0.6) is 0 Å². The van der Waals surface area contributed by atoms with Gasteiger partial charge < -0.3 is 20.6 Å². The van der Waals surface area contributed by atoms with Gasteiger partial charge in [-0.3, -0.25) is 14.5 Å². The Bertz CT molecular complexity index is 925. The van der Waals surface area contributed by atoms with Crippen molar-refractivity contribution in [3.63, 3.8) is 0 Å². The van der Waals surface area contributed by atoms with Crippen LogP contribution in [0.3, 0.4) is 0 Å². The Balaban J connectivity index is 2.22. The van der Waals surface area contributed by atoms with Crippen LogP contribution in [-0.2, 0) is 10.0 Å². The Morgan fingerprint density at radius 2 is 1.93 bits per heavy atom. The average Bonchev–Trinajstić information content (AvgIpc) is 3.16. The summed E-state index contributed by atoms with van der Waals surface area (Å²) in [4.78, 5) is 20.4. The predicted molar refractivity (Wildman–Crippen MR) is 116 cm³/mol. The highest BCUT2D eigenvalue weighted by Crippen LogP contribution is 2.23. The Morgan fingerprint density at radius 3 is 2.53 bits per heavy atom. The summed E-state index contributed by atoms with van der Waals surface area (Å²) < 4.78 is 24.8. The first-order valence-corrected chi connectivity index (χ1v) is 13.0. The highest BCUT2D eigenvalue weighted by molar-refractivity contribution is 7.98. The lowest BCUT2D eigenvalue weighted by Gasteiger charge is -2.31. The molecule has 5 N–H and O–H groups in total. The van der Waals surface area contributed by atoms with Crippen LogP contribution in [0.2, 0.25) is 0 Å². The van der Waals surface area contributed by atoms with Crippen molar-refractivity contribution in [2.75, 3.05) is 23.0 Å². The molecule has 0 saturated heterocycles. The molecule has 0 saturated carbocycles. The number of thioether (sulfide) groups is 1. The summed E-state index contributed by atoms with van der Waals surface area (Å²) in [7, 11) is -3.55. The molecule has 0 aromatic carbocycles. The van der Waals surface area contributed by atoms with E-state index in [2.05, 4.69) is 20.0 Å². The van der Waals surface area contributed by atoms with E-state index >= 15 is 0 Å². The fraction of sp³-hybridized carbons (Fsp3) is 0.471. The van der Waals surface area contributed by atoms with Crippen molar-refractivity contribution in [3.8, 4) is 0 Å².